The number of hydrogen-bond donors (Lipinski definition) is 1. The number of hydrogen-bond acceptors (Lipinski definition) is 3. The van der Waals surface area contributed by atoms with E-state index in [0.29, 0.717) is 6.42 Å². The molecular formula is C24H26N2O2. The summed E-state index contributed by atoms with van der Waals surface area (Å²) < 4.78 is 6.54. The third-order valence-electron chi connectivity index (χ3n) is 5.38. The molecular weight excluding hydrogens is 348 g/mol. The van der Waals surface area contributed by atoms with Gasteiger partial charge in [0.05, 0.1) is 0 Å². The van der Waals surface area contributed by atoms with Gasteiger partial charge >= 0.3 is 0 Å². The van der Waals surface area contributed by atoms with Gasteiger partial charge in [-0.2, -0.15) is 0 Å². The second-order valence-electron chi connectivity index (χ2n) is 7.37. The van der Waals surface area contributed by atoms with Crippen LogP contribution in [0.2, 0.25) is 0 Å². The van der Waals surface area contributed by atoms with Crippen molar-refractivity contribution in [3.63, 3.8) is 0 Å². The van der Waals surface area contributed by atoms with E-state index in [1.165, 1.54) is 16.7 Å². The van der Waals surface area contributed by atoms with Crippen LogP contribution in [0.1, 0.15) is 65.2 Å². The zero-order chi connectivity index (χ0) is 19.3. The summed E-state index contributed by atoms with van der Waals surface area (Å²) in [5.41, 5.74) is 4.47. The third kappa shape index (κ3) is 3.86. The van der Waals surface area contributed by atoms with Crippen molar-refractivity contribution >= 4 is 5.78 Å². The Morgan fingerprint density at radius 3 is 2.75 bits per heavy atom. The highest BCUT2D eigenvalue weighted by atomic mass is 16.5. The number of aromatic amines is 1. The zero-order valence-electron chi connectivity index (χ0n) is 16.3. The highest BCUT2D eigenvalue weighted by molar-refractivity contribution is 5.99. The molecule has 0 saturated heterocycles. The van der Waals surface area contributed by atoms with Crippen LogP contribution in [0.15, 0.2) is 54.9 Å². The third-order valence-corrected chi connectivity index (χ3v) is 5.38. The number of Topliss-reactive ketones (excluding diaryl/α,β-unsaturated/α-hetero) is 1. The van der Waals surface area contributed by atoms with Gasteiger partial charge in [-0.1, -0.05) is 43.7 Å². The molecule has 0 bridgehead atoms. The molecule has 1 aliphatic rings. The number of ketones is 1. The van der Waals surface area contributed by atoms with E-state index in [4.69, 9.17) is 4.74 Å². The summed E-state index contributed by atoms with van der Waals surface area (Å²) in [5.74, 6) is 1.96. The molecule has 3 aromatic rings. The summed E-state index contributed by atoms with van der Waals surface area (Å²) in [6.07, 6.45) is 8.59. The summed E-state index contributed by atoms with van der Waals surface area (Å²) in [5, 5.41) is 0. The van der Waals surface area contributed by atoms with Crippen LogP contribution < -0.4 is 4.74 Å². The first kappa shape index (κ1) is 18.5. The highest BCUT2D eigenvalue weighted by Gasteiger charge is 2.24. The fraction of sp³-hybridized carbons (Fsp3) is 0.333. The highest BCUT2D eigenvalue weighted by Crippen LogP contribution is 2.35. The molecule has 2 aromatic carbocycles. The number of nitrogens with zero attached hydrogens (tertiary/aromatic N) is 1. The summed E-state index contributed by atoms with van der Waals surface area (Å²) in [7, 11) is 0. The number of H-pyrrole nitrogens is 1. The molecule has 0 fully saturated rings. The molecule has 0 spiro atoms. The average Bonchev–Trinajstić information content (AvgIpc) is 3.25. The number of nitrogens with one attached hydrogen (secondary N) is 1. The fourth-order valence-electron chi connectivity index (χ4n) is 4.04. The van der Waals surface area contributed by atoms with Crippen molar-refractivity contribution in [2.24, 2.45) is 0 Å². The van der Waals surface area contributed by atoms with Crippen LogP contribution in [0.4, 0.5) is 0 Å². The summed E-state index contributed by atoms with van der Waals surface area (Å²) in [6, 6.07) is 14.3. The quantitative estimate of drug-likeness (QED) is 0.615. The lowest BCUT2D eigenvalue weighted by Gasteiger charge is -2.24. The molecule has 4 nitrogen and oxygen atoms in total. The van der Waals surface area contributed by atoms with E-state index in [9.17, 15) is 4.79 Å². The smallest absolute Gasteiger partial charge is 0.163 e. The van der Waals surface area contributed by atoms with E-state index >= 15 is 0 Å². The maximum Gasteiger partial charge on any atom is 0.163 e. The lowest BCUT2D eigenvalue weighted by atomic mass is 9.85. The summed E-state index contributed by atoms with van der Waals surface area (Å²) >= 11 is 0. The van der Waals surface area contributed by atoms with E-state index in [1.54, 1.807) is 6.20 Å². The fourth-order valence-corrected chi connectivity index (χ4v) is 4.04. The van der Waals surface area contributed by atoms with E-state index in [0.717, 1.165) is 49.2 Å². The van der Waals surface area contributed by atoms with E-state index in [2.05, 4.69) is 29.0 Å². The monoisotopic (exact) mass is 374 g/mol. The molecule has 144 valence electrons. The Morgan fingerprint density at radius 2 is 2.00 bits per heavy atom. The number of aromatic nitrogens is 2. The minimum Gasteiger partial charge on any atom is -0.482 e. The molecule has 4 rings (SSSR count). The zero-order valence-corrected chi connectivity index (χ0v) is 16.3. The van der Waals surface area contributed by atoms with Crippen LogP contribution in [0.5, 0.6) is 5.75 Å². The number of imidazole rings is 1. The van der Waals surface area contributed by atoms with Crippen LogP contribution in [0.25, 0.3) is 0 Å². The average molecular weight is 374 g/mol. The van der Waals surface area contributed by atoms with Gasteiger partial charge in [-0.25, -0.2) is 4.98 Å². The Hall–Kier alpha value is -2.88. The lowest BCUT2D eigenvalue weighted by molar-refractivity contribution is 0.0972. The van der Waals surface area contributed by atoms with Crippen molar-refractivity contribution in [2.45, 2.75) is 51.6 Å². The molecule has 0 amide bonds. The van der Waals surface area contributed by atoms with Crippen molar-refractivity contribution in [1.29, 1.82) is 0 Å². The molecule has 4 heteroatoms. The first-order valence-electron chi connectivity index (χ1n) is 10.1. The van der Waals surface area contributed by atoms with Gasteiger partial charge in [0.15, 0.2) is 11.9 Å². The number of rotatable bonds is 7. The standard InChI is InChI=1S/C24H26N2O2/c1-2-7-20-18-10-6-11-21(27)19(18)12-13-22(20)28-23(24-25-14-15-26-24)16-17-8-4-3-5-9-17/h3-5,8-9,12-15,23H,2,6-7,10-11,16H2,1H3,(H,25,26). The van der Waals surface area contributed by atoms with E-state index < -0.39 is 0 Å². The predicted molar refractivity (Wildman–Crippen MR) is 110 cm³/mol. The van der Waals surface area contributed by atoms with Gasteiger partial charge in [-0.05, 0) is 48.1 Å². The molecule has 1 aromatic heterocycles. The molecule has 1 N–H and O–H groups in total. The Labute approximate surface area is 166 Å². The van der Waals surface area contributed by atoms with Crippen LogP contribution in [0, 0.1) is 0 Å². The SMILES string of the molecule is CCCc1c(OC(Cc2ccccc2)c2ncc[nH]2)ccc2c1CCCC2=O. The van der Waals surface area contributed by atoms with Gasteiger partial charge in [0.25, 0.3) is 0 Å². The molecule has 0 radical (unpaired) electrons. The molecule has 28 heavy (non-hydrogen) atoms. The van der Waals surface area contributed by atoms with Crippen molar-refractivity contribution in [2.75, 3.05) is 0 Å². The van der Waals surface area contributed by atoms with E-state index in [-0.39, 0.29) is 11.9 Å². The second-order valence-corrected chi connectivity index (χ2v) is 7.37. The van der Waals surface area contributed by atoms with Gasteiger partial charge in [-0.3, -0.25) is 4.79 Å². The second kappa shape index (κ2) is 8.42. The number of carbonyl (C=O) groups is 1. The Kier molecular flexibility index (Phi) is 5.56. The van der Waals surface area contributed by atoms with Crippen LogP contribution >= 0.6 is 0 Å². The Morgan fingerprint density at radius 1 is 1.14 bits per heavy atom. The number of carbonyl (C=O) groups excluding carboxylic acids is 1. The minimum absolute atomic E-state index is 0.203. The maximum atomic E-state index is 12.3. The van der Waals surface area contributed by atoms with Gasteiger partial charge in [-0.15, -0.1) is 0 Å². The predicted octanol–water partition coefficient (Wildman–Crippen LogP) is 5.24. The molecule has 1 heterocycles. The normalized spacial score (nSPS) is 14.5. The first-order chi connectivity index (χ1) is 13.8. The van der Waals surface area contributed by atoms with Gasteiger partial charge in [0, 0.05) is 30.8 Å². The lowest BCUT2D eigenvalue weighted by Crippen LogP contribution is -2.17. The topological polar surface area (TPSA) is 55.0 Å². The summed E-state index contributed by atoms with van der Waals surface area (Å²) in [4.78, 5) is 20.0. The molecule has 1 unspecified atom stereocenters. The first-order valence-corrected chi connectivity index (χ1v) is 10.1. The van der Waals surface area contributed by atoms with Crippen molar-refractivity contribution in [1.82, 2.24) is 9.97 Å². The van der Waals surface area contributed by atoms with E-state index in [1.807, 2.05) is 36.5 Å². The number of benzene rings is 2. The van der Waals surface area contributed by atoms with Gasteiger partial charge in [0.2, 0.25) is 0 Å². The molecule has 0 aliphatic heterocycles. The van der Waals surface area contributed by atoms with Crippen LogP contribution in [-0.2, 0) is 19.3 Å². The summed E-state index contributed by atoms with van der Waals surface area (Å²) in [6.45, 7) is 2.17. The van der Waals surface area contributed by atoms with Gasteiger partial charge < -0.3 is 9.72 Å². The maximum absolute atomic E-state index is 12.3. The Bertz CT molecular complexity index is 933. The van der Waals surface area contributed by atoms with Crippen LogP contribution in [-0.4, -0.2) is 15.8 Å². The van der Waals surface area contributed by atoms with Gasteiger partial charge in [0.1, 0.15) is 11.6 Å². The largest absolute Gasteiger partial charge is 0.482 e. The minimum atomic E-state index is -0.203. The van der Waals surface area contributed by atoms with Crippen LogP contribution in [0.3, 0.4) is 0 Å². The van der Waals surface area contributed by atoms with Crippen molar-refractivity contribution in [3.05, 3.63) is 82.9 Å². The number of ether oxygens (including phenoxy) is 1. The molecule has 1 aliphatic carbocycles. The Balaban J connectivity index is 1.69. The molecule has 1 atom stereocenters. The van der Waals surface area contributed by atoms with Crippen molar-refractivity contribution in [3.8, 4) is 5.75 Å². The molecule has 0 saturated carbocycles. The number of fused-ring (bicyclic) bond motifs is 1. The van der Waals surface area contributed by atoms with Crippen molar-refractivity contribution < 1.29 is 9.53 Å².